The summed E-state index contributed by atoms with van der Waals surface area (Å²) in [6.45, 7) is 6.16. The number of hydrogen-bond donors (Lipinski definition) is 1. The van der Waals surface area contributed by atoms with E-state index in [1.165, 1.54) is 10.6 Å². The predicted molar refractivity (Wildman–Crippen MR) is 151 cm³/mol. The molecule has 0 fully saturated rings. The molecular weight excluding hydrogens is 485 g/mol. The number of ether oxygens (including phenoxy) is 2. The van der Waals surface area contributed by atoms with E-state index in [1.54, 1.807) is 0 Å². The van der Waals surface area contributed by atoms with Crippen LogP contribution in [0.4, 0.5) is 0 Å². The first-order valence-corrected chi connectivity index (χ1v) is 14.5. The van der Waals surface area contributed by atoms with Gasteiger partial charge in [0.2, 0.25) is 6.79 Å². The molecule has 0 aliphatic carbocycles. The summed E-state index contributed by atoms with van der Waals surface area (Å²) < 4.78 is 28.1. The molecule has 0 bridgehead atoms. The van der Waals surface area contributed by atoms with Crippen molar-refractivity contribution in [1.29, 1.82) is 0 Å². The van der Waals surface area contributed by atoms with Gasteiger partial charge in [-0.3, -0.25) is 0 Å². The van der Waals surface area contributed by atoms with Crippen LogP contribution in [0, 0.1) is 0 Å². The van der Waals surface area contributed by atoms with Crippen LogP contribution in [-0.4, -0.2) is 15.7 Å². The summed E-state index contributed by atoms with van der Waals surface area (Å²) in [7, 11) is -2.22. The molecule has 0 spiro atoms. The second-order valence-corrected chi connectivity index (χ2v) is 13.8. The molecule has 5 rings (SSSR count). The number of benzene rings is 4. The molecule has 1 aliphatic rings. The summed E-state index contributed by atoms with van der Waals surface area (Å²) in [4.78, 5) is 0. The van der Waals surface area contributed by atoms with E-state index in [0.29, 0.717) is 5.75 Å². The van der Waals surface area contributed by atoms with Crippen LogP contribution in [0.2, 0.25) is 0 Å². The smallest absolute Gasteiger partial charge is 0.231 e. The Morgan fingerprint density at radius 3 is 1.81 bits per heavy atom. The van der Waals surface area contributed by atoms with E-state index in [4.69, 9.17) is 9.47 Å². The lowest BCUT2D eigenvalue weighted by Crippen LogP contribution is -2.38. The molecule has 1 N–H and O–H groups in total. The predicted octanol–water partition coefficient (Wildman–Crippen LogP) is 5.31. The van der Waals surface area contributed by atoms with Gasteiger partial charge in [-0.1, -0.05) is 91.0 Å². The zero-order valence-corrected chi connectivity index (χ0v) is 22.4. The van der Waals surface area contributed by atoms with Gasteiger partial charge in [-0.15, -0.1) is 0 Å². The fourth-order valence-corrected chi connectivity index (χ4v) is 7.52. The SMILES string of the molecule is CC(C)(C)[S@@](=O)NC(c1ccccc1)c1cc2c(cc1P(c1ccccc1)c1ccccc1)OCO2. The maximum Gasteiger partial charge on any atom is 0.231 e. The number of fused-ring (bicyclic) bond motifs is 1. The minimum atomic E-state index is -1.29. The monoisotopic (exact) mass is 515 g/mol. The van der Waals surface area contributed by atoms with Crippen molar-refractivity contribution in [2.24, 2.45) is 0 Å². The molecule has 0 saturated heterocycles. The van der Waals surface area contributed by atoms with Crippen molar-refractivity contribution >= 4 is 34.8 Å². The van der Waals surface area contributed by atoms with Crippen molar-refractivity contribution in [3.8, 4) is 11.5 Å². The Morgan fingerprint density at radius 1 is 0.778 bits per heavy atom. The first kappa shape index (κ1) is 24.7. The van der Waals surface area contributed by atoms with Gasteiger partial charge in [0.15, 0.2) is 11.5 Å². The first-order chi connectivity index (χ1) is 17.4. The van der Waals surface area contributed by atoms with E-state index < -0.39 is 23.7 Å². The van der Waals surface area contributed by atoms with Crippen molar-refractivity contribution in [2.75, 3.05) is 6.79 Å². The van der Waals surface area contributed by atoms with Gasteiger partial charge in [0.05, 0.1) is 21.8 Å². The highest BCUT2D eigenvalue weighted by Gasteiger charge is 2.31. The van der Waals surface area contributed by atoms with E-state index >= 15 is 0 Å². The fraction of sp³-hybridized carbons (Fsp3) is 0.200. The summed E-state index contributed by atoms with van der Waals surface area (Å²) >= 11 is 0. The molecule has 1 aliphatic heterocycles. The lowest BCUT2D eigenvalue weighted by atomic mass is 9.99. The largest absolute Gasteiger partial charge is 0.454 e. The summed E-state index contributed by atoms with van der Waals surface area (Å²) in [5, 5.41) is 3.63. The van der Waals surface area contributed by atoms with Crippen molar-refractivity contribution in [3.63, 3.8) is 0 Å². The number of nitrogens with one attached hydrogen (secondary N) is 1. The molecule has 184 valence electrons. The van der Waals surface area contributed by atoms with Gasteiger partial charge in [0.1, 0.15) is 0 Å². The average molecular weight is 516 g/mol. The van der Waals surface area contributed by atoms with Crippen molar-refractivity contribution in [3.05, 3.63) is 114 Å². The molecule has 1 unspecified atom stereocenters. The van der Waals surface area contributed by atoms with Gasteiger partial charge in [-0.2, -0.15) is 0 Å². The lowest BCUT2D eigenvalue weighted by molar-refractivity contribution is 0.174. The van der Waals surface area contributed by atoms with E-state index in [2.05, 4.69) is 77.5 Å². The average Bonchev–Trinajstić information content (AvgIpc) is 3.36. The quantitative estimate of drug-likeness (QED) is 0.339. The van der Waals surface area contributed by atoms with Crippen LogP contribution >= 0.6 is 7.92 Å². The highest BCUT2D eigenvalue weighted by Crippen LogP contribution is 2.43. The molecule has 0 saturated carbocycles. The maximum atomic E-state index is 13.4. The van der Waals surface area contributed by atoms with Crippen LogP contribution in [0.1, 0.15) is 37.9 Å². The lowest BCUT2D eigenvalue weighted by Gasteiger charge is -2.29. The van der Waals surface area contributed by atoms with Crippen molar-refractivity contribution in [1.82, 2.24) is 4.72 Å². The zero-order chi connectivity index (χ0) is 25.1. The third-order valence-corrected chi connectivity index (χ3v) is 10.1. The van der Waals surface area contributed by atoms with Gasteiger partial charge in [0.25, 0.3) is 0 Å². The molecule has 4 nitrogen and oxygen atoms in total. The summed E-state index contributed by atoms with van der Waals surface area (Å²) in [6.07, 6.45) is 0. The second-order valence-electron chi connectivity index (χ2n) is 9.61. The van der Waals surface area contributed by atoms with Crippen LogP contribution in [0.25, 0.3) is 0 Å². The second kappa shape index (κ2) is 10.6. The van der Waals surface area contributed by atoms with Crippen LogP contribution in [0.5, 0.6) is 11.5 Å². The molecule has 2 atom stereocenters. The van der Waals surface area contributed by atoms with Gasteiger partial charge >= 0.3 is 0 Å². The summed E-state index contributed by atoms with van der Waals surface area (Å²) in [6, 6.07) is 35.3. The Morgan fingerprint density at radius 2 is 1.28 bits per heavy atom. The minimum absolute atomic E-state index is 0.199. The molecular formula is C30H30NO3PS. The Kier molecular flexibility index (Phi) is 7.25. The fourth-order valence-electron chi connectivity index (χ4n) is 4.19. The maximum absolute atomic E-state index is 13.4. The van der Waals surface area contributed by atoms with Crippen LogP contribution in [0.3, 0.4) is 0 Å². The third-order valence-electron chi connectivity index (χ3n) is 6.02. The third kappa shape index (κ3) is 5.24. The summed E-state index contributed by atoms with van der Waals surface area (Å²) in [5.74, 6) is 1.46. The minimum Gasteiger partial charge on any atom is -0.454 e. The van der Waals surface area contributed by atoms with Crippen LogP contribution in [0.15, 0.2) is 103 Å². The topological polar surface area (TPSA) is 47.6 Å². The Hall–Kier alpha value is -2.98. The van der Waals surface area contributed by atoms with E-state index in [0.717, 1.165) is 22.2 Å². The molecule has 0 amide bonds. The first-order valence-electron chi connectivity index (χ1n) is 12.0. The molecule has 6 heteroatoms. The van der Waals surface area contributed by atoms with Gasteiger partial charge < -0.3 is 9.47 Å². The highest BCUT2D eigenvalue weighted by molar-refractivity contribution is 7.84. The molecule has 36 heavy (non-hydrogen) atoms. The molecule has 0 aromatic heterocycles. The highest BCUT2D eigenvalue weighted by atomic mass is 32.2. The molecule has 4 aromatic rings. The Balaban J connectivity index is 1.75. The Bertz CT molecular complexity index is 1300. The van der Waals surface area contributed by atoms with Gasteiger partial charge in [0, 0.05) is 0 Å². The van der Waals surface area contributed by atoms with Crippen LogP contribution < -0.4 is 30.1 Å². The van der Waals surface area contributed by atoms with Gasteiger partial charge in [-0.05, 0) is 67.9 Å². The Labute approximate surface area is 217 Å². The number of hydrogen-bond acceptors (Lipinski definition) is 3. The standard InChI is InChI=1S/C30H30NO3PS/c1-30(2,3)36(32)31-29(22-13-7-4-8-14-22)25-19-26-27(34-21-33-26)20-28(25)35(23-15-9-5-10-16-23)24-17-11-6-12-18-24/h4-20,29,31H,21H2,1-3H3/t29?,36-/m1/s1. The molecule has 0 radical (unpaired) electrons. The normalized spacial score (nSPS) is 14.6. The molecule has 1 heterocycles. The zero-order valence-electron chi connectivity index (χ0n) is 20.7. The molecule has 4 aromatic carbocycles. The van der Waals surface area contributed by atoms with Crippen LogP contribution in [-0.2, 0) is 11.0 Å². The van der Waals surface area contributed by atoms with E-state index in [1.807, 2.05) is 51.1 Å². The van der Waals surface area contributed by atoms with E-state index in [9.17, 15) is 4.21 Å². The van der Waals surface area contributed by atoms with Crippen molar-refractivity contribution in [2.45, 2.75) is 31.6 Å². The van der Waals surface area contributed by atoms with Gasteiger partial charge in [-0.25, -0.2) is 8.93 Å². The summed E-state index contributed by atoms with van der Waals surface area (Å²) in [5.41, 5.74) is 2.09. The van der Waals surface area contributed by atoms with Crippen molar-refractivity contribution < 1.29 is 13.7 Å². The van der Waals surface area contributed by atoms with E-state index in [-0.39, 0.29) is 12.8 Å². The number of rotatable bonds is 7.